The number of hydrogen-bond donors (Lipinski definition) is 1. The van der Waals surface area contributed by atoms with Crippen molar-refractivity contribution < 1.29 is 13.9 Å². The molecule has 1 aromatic carbocycles. The van der Waals surface area contributed by atoms with Gasteiger partial charge in [0.15, 0.2) is 0 Å². The fourth-order valence-corrected chi connectivity index (χ4v) is 3.13. The minimum Gasteiger partial charge on any atom is -0.374 e. The molecule has 5 heteroatoms. The molecule has 1 atom stereocenters. The van der Waals surface area contributed by atoms with E-state index in [1.165, 1.54) is 10.9 Å². The molecule has 0 unspecified atom stereocenters. The summed E-state index contributed by atoms with van der Waals surface area (Å²) in [5.41, 5.74) is 0.565. The molecule has 22 heavy (non-hydrogen) atoms. The molecule has 1 heterocycles. The van der Waals surface area contributed by atoms with Crippen LogP contribution in [-0.4, -0.2) is 19.6 Å². The van der Waals surface area contributed by atoms with E-state index in [0.29, 0.717) is 18.5 Å². The Hall–Kier alpha value is -1.72. The fraction of sp³-hybridized carbons (Fsp3) is 0.353. The van der Waals surface area contributed by atoms with Crippen molar-refractivity contribution in [3.8, 4) is 0 Å². The molecule has 1 N–H and O–H groups in total. The molecule has 0 fully saturated rings. The molecule has 0 spiro atoms. The lowest BCUT2D eigenvalue weighted by Gasteiger charge is -2.14. The number of rotatable bonds is 7. The number of ether oxygens (including phenoxy) is 1. The molecule has 0 aliphatic carbocycles. The van der Waals surface area contributed by atoms with Crippen LogP contribution in [0.5, 0.6) is 0 Å². The van der Waals surface area contributed by atoms with Gasteiger partial charge in [0.2, 0.25) is 5.91 Å². The number of carbonyl (C=O) groups is 1. The number of thiophene rings is 1. The van der Waals surface area contributed by atoms with Gasteiger partial charge >= 0.3 is 0 Å². The van der Waals surface area contributed by atoms with Crippen molar-refractivity contribution in [1.29, 1.82) is 0 Å². The Kier molecular flexibility index (Phi) is 6.10. The van der Waals surface area contributed by atoms with E-state index in [9.17, 15) is 9.18 Å². The van der Waals surface area contributed by atoms with Crippen LogP contribution in [0.4, 0.5) is 4.39 Å². The van der Waals surface area contributed by atoms with E-state index in [-0.39, 0.29) is 24.2 Å². The summed E-state index contributed by atoms with van der Waals surface area (Å²) < 4.78 is 18.9. The molecular weight excluding hydrogens is 301 g/mol. The first-order chi connectivity index (χ1) is 10.6. The molecule has 3 nitrogen and oxygen atoms in total. The molecule has 0 radical (unpaired) electrons. The molecule has 2 rings (SSSR count). The second-order valence-electron chi connectivity index (χ2n) is 5.07. The highest BCUT2D eigenvalue weighted by Crippen LogP contribution is 2.24. The van der Waals surface area contributed by atoms with Crippen molar-refractivity contribution in [1.82, 2.24) is 5.32 Å². The Morgan fingerprint density at radius 2 is 2.09 bits per heavy atom. The smallest absolute Gasteiger partial charge is 0.220 e. The van der Waals surface area contributed by atoms with Crippen LogP contribution in [0.25, 0.3) is 0 Å². The summed E-state index contributed by atoms with van der Waals surface area (Å²) in [4.78, 5) is 14.2. The molecule has 0 aliphatic rings. The normalized spacial score (nSPS) is 12.1. The van der Waals surface area contributed by atoms with Gasteiger partial charge in [0.25, 0.3) is 0 Å². The minimum atomic E-state index is -0.265. The lowest BCUT2D eigenvalue weighted by Crippen LogP contribution is -2.29. The Bertz CT molecular complexity index is 627. The highest BCUT2D eigenvalue weighted by Gasteiger charge is 2.14. The first-order valence-corrected chi connectivity index (χ1v) is 8.01. The number of aryl methyl sites for hydroxylation is 2. The Morgan fingerprint density at radius 1 is 1.32 bits per heavy atom. The number of amides is 1. The summed E-state index contributed by atoms with van der Waals surface area (Å²) in [5, 5.41) is 2.85. The predicted octanol–water partition coefficient (Wildman–Crippen LogP) is 3.63. The highest BCUT2D eigenvalue weighted by molar-refractivity contribution is 7.12. The Morgan fingerprint density at radius 3 is 2.73 bits per heavy atom. The lowest BCUT2D eigenvalue weighted by molar-refractivity contribution is -0.121. The average molecular weight is 321 g/mol. The van der Waals surface area contributed by atoms with E-state index in [1.807, 2.05) is 19.1 Å². The van der Waals surface area contributed by atoms with Crippen LogP contribution in [0.15, 0.2) is 36.4 Å². The fourth-order valence-electron chi connectivity index (χ4n) is 2.17. The molecule has 2 aromatic rings. The number of halogens is 1. The molecule has 0 aliphatic heterocycles. The third kappa shape index (κ3) is 4.64. The van der Waals surface area contributed by atoms with Gasteiger partial charge in [-0.3, -0.25) is 4.79 Å². The maximum Gasteiger partial charge on any atom is 0.220 e. The number of benzene rings is 1. The van der Waals surface area contributed by atoms with Gasteiger partial charge < -0.3 is 10.1 Å². The Labute approximate surface area is 134 Å². The second-order valence-corrected chi connectivity index (χ2v) is 6.39. The molecule has 0 saturated heterocycles. The van der Waals surface area contributed by atoms with Gasteiger partial charge in [-0.2, -0.15) is 0 Å². The van der Waals surface area contributed by atoms with Gasteiger partial charge in [-0.25, -0.2) is 4.39 Å². The summed E-state index contributed by atoms with van der Waals surface area (Å²) in [7, 11) is 1.63. The van der Waals surface area contributed by atoms with Crippen molar-refractivity contribution in [3.63, 3.8) is 0 Å². The molecule has 1 amide bonds. The van der Waals surface area contributed by atoms with Crippen LogP contribution in [0.3, 0.4) is 0 Å². The number of carbonyl (C=O) groups excluding carboxylic acids is 1. The number of nitrogens with one attached hydrogen (secondary N) is 1. The minimum absolute atomic E-state index is 0.0985. The average Bonchev–Trinajstić information content (AvgIpc) is 2.93. The van der Waals surface area contributed by atoms with Gasteiger partial charge in [-0.1, -0.05) is 18.2 Å². The van der Waals surface area contributed by atoms with Crippen LogP contribution in [0.2, 0.25) is 0 Å². The third-order valence-electron chi connectivity index (χ3n) is 3.43. The van der Waals surface area contributed by atoms with Gasteiger partial charge in [-0.05, 0) is 37.1 Å². The van der Waals surface area contributed by atoms with E-state index in [2.05, 4.69) is 5.32 Å². The molecule has 1 aromatic heterocycles. The van der Waals surface area contributed by atoms with Crippen molar-refractivity contribution in [2.45, 2.75) is 25.9 Å². The van der Waals surface area contributed by atoms with Crippen molar-refractivity contribution >= 4 is 17.2 Å². The van der Waals surface area contributed by atoms with Crippen molar-refractivity contribution in [2.24, 2.45) is 0 Å². The van der Waals surface area contributed by atoms with Crippen LogP contribution in [0.1, 0.15) is 27.8 Å². The lowest BCUT2D eigenvalue weighted by atomic mass is 10.1. The molecule has 0 bridgehead atoms. The van der Waals surface area contributed by atoms with E-state index in [4.69, 9.17) is 4.74 Å². The van der Waals surface area contributed by atoms with Crippen molar-refractivity contribution in [2.75, 3.05) is 13.7 Å². The van der Waals surface area contributed by atoms with E-state index >= 15 is 0 Å². The number of hydrogen-bond acceptors (Lipinski definition) is 3. The van der Waals surface area contributed by atoms with E-state index in [1.54, 1.807) is 36.6 Å². The monoisotopic (exact) mass is 321 g/mol. The molecule has 118 valence electrons. The molecular formula is C17H20FNO2S. The van der Waals surface area contributed by atoms with Crippen LogP contribution in [0, 0.1) is 12.7 Å². The summed E-state index contributed by atoms with van der Waals surface area (Å²) >= 11 is 1.66. The van der Waals surface area contributed by atoms with Crippen LogP contribution in [-0.2, 0) is 16.0 Å². The van der Waals surface area contributed by atoms with Gasteiger partial charge in [0, 0.05) is 29.8 Å². The summed E-state index contributed by atoms with van der Waals surface area (Å²) in [6, 6.07) is 10.6. The van der Waals surface area contributed by atoms with Gasteiger partial charge in [0.05, 0.1) is 0 Å². The maximum absolute atomic E-state index is 13.5. The van der Waals surface area contributed by atoms with Crippen LogP contribution >= 0.6 is 11.3 Å². The van der Waals surface area contributed by atoms with E-state index in [0.717, 1.165) is 4.88 Å². The predicted molar refractivity (Wildman–Crippen MR) is 86.5 cm³/mol. The summed E-state index contributed by atoms with van der Waals surface area (Å²) in [5.74, 6) is -0.363. The largest absolute Gasteiger partial charge is 0.374 e. The number of methoxy groups -OCH3 is 1. The Balaban J connectivity index is 1.81. The zero-order valence-corrected chi connectivity index (χ0v) is 13.6. The zero-order chi connectivity index (χ0) is 15.9. The standard InChI is InChI=1S/C17H20FNO2S/c1-12-7-9-16(22-12)15(21-2)11-19-17(20)10-8-13-5-3-4-6-14(13)18/h3-7,9,15H,8,10-11H2,1-2H3,(H,19,20)/t15-/m1/s1. The summed E-state index contributed by atoms with van der Waals surface area (Å²) in [6.45, 7) is 2.46. The van der Waals surface area contributed by atoms with E-state index < -0.39 is 0 Å². The van der Waals surface area contributed by atoms with Gasteiger partial charge in [-0.15, -0.1) is 11.3 Å². The maximum atomic E-state index is 13.5. The van der Waals surface area contributed by atoms with Crippen LogP contribution < -0.4 is 5.32 Å². The van der Waals surface area contributed by atoms with Crippen molar-refractivity contribution in [3.05, 3.63) is 57.5 Å². The SMILES string of the molecule is CO[C@H](CNC(=O)CCc1ccccc1F)c1ccc(C)s1. The second kappa shape index (κ2) is 8.06. The first-order valence-electron chi connectivity index (χ1n) is 7.19. The highest BCUT2D eigenvalue weighted by atomic mass is 32.1. The first kappa shape index (κ1) is 16.6. The molecule has 0 saturated carbocycles. The third-order valence-corrected chi connectivity index (χ3v) is 4.52. The summed E-state index contributed by atoms with van der Waals surface area (Å²) in [6.07, 6.45) is 0.519. The quantitative estimate of drug-likeness (QED) is 0.845. The zero-order valence-electron chi connectivity index (χ0n) is 12.8. The topological polar surface area (TPSA) is 38.3 Å². The van der Waals surface area contributed by atoms with Gasteiger partial charge in [0.1, 0.15) is 11.9 Å².